The van der Waals surface area contributed by atoms with E-state index in [1.54, 1.807) is 4.90 Å². The minimum absolute atomic E-state index is 0.0550. The molecule has 1 aromatic heterocycles. The Kier molecular flexibility index (Phi) is 9.70. The third-order valence-corrected chi connectivity index (χ3v) is 8.87. The van der Waals surface area contributed by atoms with Crippen LogP contribution in [0.1, 0.15) is 73.8 Å². The van der Waals surface area contributed by atoms with Crippen LogP contribution in [0.15, 0.2) is 60.8 Å². The van der Waals surface area contributed by atoms with Crippen LogP contribution < -0.4 is 9.64 Å². The number of piperidine rings is 1. The number of ether oxygens (including phenoxy) is 2. The van der Waals surface area contributed by atoms with Crippen LogP contribution >= 0.6 is 0 Å². The van der Waals surface area contributed by atoms with Gasteiger partial charge in [-0.15, -0.1) is 0 Å². The van der Waals surface area contributed by atoms with Crippen molar-refractivity contribution >= 4 is 17.8 Å². The largest absolute Gasteiger partial charge is 0.489 e. The molecule has 2 fully saturated rings. The van der Waals surface area contributed by atoms with Crippen LogP contribution in [0.4, 0.5) is 10.6 Å². The van der Waals surface area contributed by atoms with Crippen molar-refractivity contribution in [2.45, 2.75) is 84.6 Å². The Hall–Kier alpha value is -4.07. The zero-order valence-electron chi connectivity index (χ0n) is 27.9. The first-order valence-electron chi connectivity index (χ1n) is 16.1. The lowest BCUT2D eigenvalue weighted by Crippen LogP contribution is -2.51. The third kappa shape index (κ3) is 8.16. The zero-order valence-corrected chi connectivity index (χ0v) is 27.9. The van der Waals surface area contributed by atoms with Crippen LogP contribution in [0.3, 0.4) is 0 Å². The van der Waals surface area contributed by atoms with Gasteiger partial charge in [0.25, 0.3) is 0 Å². The van der Waals surface area contributed by atoms with Crippen molar-refractivity contribution in [1.29, 1.82) is 0 Å². The first-order chi connectivity index (χ1) is 21.4. The highest BCUT2D eigenvalue weighted by molar-refractivity contribution is 5.82. The Balaban J connectivity index is 1.39. The normalized spacial score (nSPS) is 18.3. The standard InChI is InChI=1S/C37H48N4O4/c1-25-10-8-12-29(26(25)2)22-41(30-15-16-30)35(42)33-23-40(36(43)45-37(3,4)5)19-18-32(33)28-11-9-13-31(20-28)44-24-27-14-17-34(38-21-27)39(6)7/h8-14,17,20-21,30,32-33H,15-16,18-19,22-24H2,1-7H3/t32-,33+/m1/s1. The van der Waals surface area contributed by atoms with E-state index in [9.17, 15) is 9.59 Å². The summed E-state index contributed by atoms with van der Waals surface area (Å²) in [4.78, 5) is 38.0. The van der Waals surface area contributed by atoms with E-state index in [1.807, 2.05) is 70.2 Å². The Bertz CT molecular complexity index is 1490. The summed E-state index contributed by atoms with van der Waals surface area (Å²) in [6.45, 7) is 11.7. The first-order valence-corrected chi connectivity index (χ1v) is 16.1. The maximum atomic E-state index is 14.6. The van der Waals surface area contributed by atoms with E-state index in [-0.39, 0.29) is 24.0 Å². The van der Waals surface area contributed by atoms with Gasteiger partial charge >= 0.3 is 6.09 Å². The fourth-order valence-electron chi connectivity index (χ4n) is 6.01. The van der Waals surface area contributed by atoms with Gasteiger partial charge in [-0.1, -0.05) is 36.4 Å². The summed E-state index contributed by atoms with van der Waals surface area (Å²) in [6, 6.07) is 18.6. The molecule has 2 heterocycles. The molecule has 0 N–H and O–H groups in total. The second kappa shape index (κ2) is 13.5. The lowest BCUT2D eigenvalue weighted by atomic mass is 9.79. The van der Waals surface area contributed by atoms with Gasteiger partial charge in [0.05, 0.1) is 5.92 Å². The number of amides is 2. The number of rotatable bonds is 9. The molecule has 0 bridgehead atoms. The van der Waals surface area contributed by atoms with Crippen molar-refractivity contribution in [2.75, 3.05) is 32.1 Å². The summed E-state index contributed by atoms with van der Waals surface area (Å²) < 4.78 is 11.9. The van der Waals surface area contributed by atoms with Gasteiger partial charge < -0.3 is 24.2 Å². The van der Waals surface area contributed by atoms with E-state index in [0.29, 0.717) is 32.7 Å². The van der Waals surface area contributed by atoms with Gasteiger partial charge in [-0.05, 0) is 100 Å². The van der Waals surface area contributed by atoms with Gasteiger partial charge in [-0.25, -0.2) is 9.78 Å². The van der Waals surface area contributed by atoms with Crippen molar-refractivity contribution in [1.82, 2.24) is 14.8 Å². The molecular weight excluding hydrogens is 564 g/mol. The summed E-state index contributed by atoms with van der Waals surface area (Å²) >= 11 is 0. The highest BCUT2D eigenvalue weighted by Crippen LogP contribution is 2.39. The molecule has 45 heavy (non-hydrogen) atoms. The van der Waals surface area contributed by atoms with Crippen LogP contribution in [-0.2, 0) is 22.7 Å². The molecule has 0 spiro atoms. The second-order valence-electron chi connectivity index (χ2n) is 13.8. The number of carbonyl (C=O) groups is 2. The monoisotopic (exact) mass is 612 g/mol. The number of hydrogen-bond acceptors (Lipinski definition) is 6. The maximum absolute atomic E-state index is 14.6. The Morgan fingerprint density at radius 1 is 1.00 bits per heavy atom. The van der Waals surface area contributed by atoms with Crippen molar-refractivity contribution < 1.29 is 19.1 Å². The molecule has 1 saturated carbocycles. The van der Waals surface area contributed by atoms with Gasteiger partial charge in [0.15, 0.2) is 0 Å². The smallest absolute Gasteiger partial charge is 0.410 e. The second-order valence-corrected chi connectivity index (χ2v) is 13.8. The minimum Gasteiger partial charge on any atom is -0.489 e. The van der Waals surface area contributed by atoms with Gasteiger partial charge in [-0.2, -0.15) is 0 Å². The van der Waals surface area contributed by atoms with Crippen LogP contribution in [0.2, 0.25) is 0 Å². The molecule has 240 valence electrons. The quantitative estimate of drug-likeness (QED) is 0.262. The predicted octanol–water partition coefficient (Wildman–Crippen LogP) is 6.88. The van der Waals surface area contributed by atoms with Crippen LogP contribution in [-0.4, -0.2) is 65.6 Å². The number of hydrogen-bond donors (Lipinski definition) is 0. The molecule has 2 amide bonds. The molecule has 2 aliphatic rings. The average Bonchev–Trinajstić information content (AvgIpc) is 3.85. The highest BCUT2D eigenvalue weighted by atomic mass is 16.6. The molecule has 0 unspecified atom stereocenters. The van der Waals surface area contributed by atoms with Gasteiger partial charge in [0, 0.05) is 51.5 Å². The lowest BCUT2D eigenvalue weighted by molar-refractivity contribution is -0.139. The van der Waals surface area contributed by atoms with E-state index < -0.39 is 11.5 Å². The molecule has 2 atom stereocenters. The minimum atomic E-state index is -0.607. The average molecular weight is 613 g/mol. The first kappa shape index (κ1) is 32.3. The summed E-state index contributed by atoms with van der Waals surface area (Å²) in [5, 5.41) is 0. The number of aryl methyl sites for hydroxylation is 1. The Labute approximate surface area is 268 Å². The third-order valence-electron chi connectivity index (χ3n) is 8.87. The molecule has 8 nitrogen and oxygen atoms in total. The topological polar surface area (TPSA) is 75.2 Å². The summed E-state index contributed by atoms with van der Waals surface area (Å²) in [5.41, 5.74) is 5.06. The van der Waals surface area contributed by atoms with Crippen LogP contribution in [0, 0.1) is 19.8 Å². The molecule has 1 saturated heterocycles. The molecule has 1 aliphatic carbocycles. The summed E-state index contributed by atoms with van der Waals surface area (Å²) in [6.07, 6.45) is 4.16. The lowest BCUT2D eigenvalue weighted by Gasteiger charge is -2.40. The predicted molar refractivity (Wildman–Crippen MR) is 177 cm³/mol. The molecule has 0 radical (unpaired) electrons. The number of likely N-dealkylation sites (tertiary alicyclic amines) is 1. The number of nitrogens with zero attached hydrogens (tertiary/aromatic N) is 4. The van der Waals surface area contributed by atoms with E-state index in [2.05, 4.69) is 54.1 Å². The van der Waals surface area contributed by atoms with Crippen LogP contribution in [0.25, 0.3) is 0 Å². The number of carbonyl (C=O) groups excluding carboxylic acids is 2. The van der Waals surface area contributed by atoms with Crippen molar-refractivity contribution in [3.63, 3.8) is 0 Å². The van der Waals surface area contributed by atoms with E-state index in [4.69, 9.17) is 9.47 Å². The van der Waals surface area contributed by atoms with Gasteiger partial charge in [0.1, 0.15) is 23.8 Å². The SMILES string of the molecule is Cc1cccc(CN(C(=O)[C@H]2CN(C(=O)OC(C)(C)C)CC[C@@H]2c2cccc(OCc3ccc(N(C)C)nc3)c2)C2CC2)c1C. The Morgan fingerprint density at radius 2 is 1.76 bits per heavy atom. The number of pyridine rings is 1. The highest BCUT2D eigenvalue weighted by Gasteiger charge is 2.43. The van der Waals surface area contributed by atoms with Gasteiger partial charge in [0.2, 0.25) is 5.91 Å². The number of aromatic nitrogens is 1. The maximum Gasteiger partial charge on any atom is 0.410 e. The van der Waals surface area contributed by atoms with Crippen molar-refractivity contribution in [3.8, 4) is 5.75 Å². The molecule has 8 heteroatoms. The van der Waals surface area contributed by atoms with Crippen molar-refractivity contribution in [3.05, 3.63) is 88.6 Å². The molecule has 2 aromatic carbocycles. The van der Waals surface area contributed by atoms with E-state index in [1.165, 1.54) is 16.7 Å². The summed E-state index contributed by atoms with van der Waals surface area (Å²) in [5.74, 6) is 1.30. The molecular formula is C37H48N4O4. The van der Waals surface area contributed by atoms with Crippen LogP contribution in [0.5, 0.6) is 5.75 Å². The fourth-order valence-corrected chi connectivity index (χ4v) is 6.01. The fraction of sp³-hybridized carbons (Fsp3) is 0.486. The van der Waals surface area contributed by atoms with E-state index in [0.717, 1.165) is 35.5 Å². The number of anilines is 1. The number of benzene rings is 2. The molecule has 1 aliphatic heterocycles. The van der Waals surface area contributed by atoms with Crippen molar-refractivity contribution in [2.24, 2.45) is 5.92 Å². The van der Waals surface area contributed by atoms with E-state index >= 15 is 0 Å². The molecule has 3 aromatic rings. The zero-order chi connectivity index (χ0) is 32.3. The Morgan fingerprint density at radius 3 is 2.42 bits per heavy atom. The molecule has 5 rings (SSSR count). The van der Waals surface area contributed by atoms with Gasteiger partial charge in [-0.3, -0.25) is 4.79 Å². The summed E-state index contributed by atoms with van der Waals surface area (Å²) in [7, 11) is 3.93.